The molecule has 10 rings (SSSR count). The number of rotatable bonds is 24. The summed E-state index contributed by atoms with van der Waals surface area (Å²) in [6.45, 7) is 7.75. The number of nitrogens with two attached hydrogens (primary N) is 1. The van der Waals surface area contributed by atoms with Crippen molar-refractivity contribution < 1.29 is 47.5 Å². The van der Waals surface area contributed by atoms with E-state index in [1.54, 1.807) is 64.6 Å². The highest BCUT2D eigenvalue weighted by atomic mass is 19.1. The third kappa shape index (κ3) is 15.4. The summed E-state index contributed by atoms with van der Waals surface area (Å²) in [5, 5.41) is 21.8. The summed E-state index contributed by atoms with van der Waals surface area (Å²) in [5.74, 6) is -2.07. The van der Waals surface area contributed by atoms with Crippen LogP contribution in [-0.2, 0) is 47.1 Å². The third-order valence-electron chi connectivity index (χ3n) is 17.6. The van der Waals surface area contributed by atoms with Gasteiger partial charge in [-0.25, -0.2) is 19.2 Å². The van der Waals surface area contributed by atoms with Crippen LogP contribution in [0.25, 0.3) is 32.9 Å². The number of fused-ring (bicyclic) bond motifs is 2. The minimum atomic E-state index is -0.694. The Kier molecular flexibility index (Phi) is 20.5. The highest BCUT2D eigenvalue weighted by Gasteiger charge is 2.36. The lowest BCUT2D eigenvalue weighted by Crippen LogP contribution is -2.49. The zero-order valence-electron chi connectivity index (χ0n) is 51.7. The molecule has 90 heavy (non-hydrogen) atoms. The molecule has 4 saturated heterocycles. The second-order valence-corrected chi connectivity index (χ2v) is 24.1. The van der Waals surface area contributed by atoms with Gasteiger partial charge in [-0.15, -0.1) is 0 Å². The van der Waals surface area contributed by atoms with Crippen LogP contribution in [0.3, 0.4) is 0 Å². The maximum Gasteiger partial charge on any atom is 0.325 e. The fraction of sp³-hybridized carbons (Fsp3) is 0.500. The first kappa shape index (κ1) is 63.8. The number of hydrogen-bond acceptors (Lipinski definition) is 15. The van der Waals surface area contributed by atoms with Gasteiger partial charge in [-0.2, -0.15) is 10.2 Å². The van der Waals surface area contributed by atoms with Gasteiger partial charge in [-0.1, -0.05) is 30.7 Å². The number of likely N-dealkylation sites (N-methyl/N-ethyl adjacent to an activating group) is 1. The molecule has 0 aliphatic carbocycles. The molecule has 0 saturated carbocycles. The number of carbonyl (C=O) groups excluding carboxylic acids is 8. The van der Waals surface area contributed by atoms with E-state index >= 15 is 4.39 Å². The van der Waals surface area contributed by atoms with Crippen LogP contribution in [0.4, 0.5) is 26.5 Å². The van der Waals surface area contributed by atoms with Crippen LogP contribution in [0.1, 0.15) is 124 Å². The molecule has 25 nitrogen and oxygen atoms in total. The van der Waals surface area contributed by atoms with Crippen molar-refractivity contribution in [1.29, 1.82) is 0 Å². The second-order valence-electron chi connectivity index (χ2n) is 24.1. The smallest absolute Gasteiger partial charge is 0.325 e. The van der Waals surface area contributed by atoms with Crippen molar-refractivity contribution in [3.05, 3.63) is 89.8 Å². The van der Waals surface area contributed by atoms with Crippen molar-refractivity contribution in [2.24, 2.45) is 12.8 Å². The zero-order valence-corrected chi connectivity index (χ0v) is 51.7. The molecule has 1 atom stereocenters. The normalized spacial score (nSPS) is 16.7. The van der Waals surface area contributed by atoms with Crippen LogP contribution < -0.4 is 31.9 Å². The number of aromatic nitrogens is 6. The Morgan fingerprint density at radius 2 is 1.46 bits per heavy atom. The van der Waals surface area contributed by atoms with E-state index in [2.05, 4.69) is 48.4 Å². The Hall–Kier alpha value is -9.23. The van der Waals surface area contributed by atoms with Crippen molar-refractivity contribution in [3.63, 3.8) is 0 Å². The van der Waals surface area contributed by atoms with Gasteiger partial charge < -0.3 is 56.2 Å². The fourth-order valence-electron chi connectivity index (χ4n) is 12.7. The Morgan fingerprint density at radius 3 is 2.17 bits per heavy atom. The van der Waals surface area contributed by atoms with Crippen LogP contribution in [0, 0.1) is 5.82 Å². The van der Waals surface area contributed by atoms with Crippen LogP contribution in [0.15, 0.2) is 67.0 Å². The van der Waals surface area contributed by atoms with Gasteiger partial charge >= 0.3 is 12.0 Å². The van der Waals surface area contributed by atoms with Gasteiger partial charge in [0.1, 0.15) is 24.7 Å². The fourth-order valence-corrected chi connectivity index (χ4v) is 12.7. The highest BCUT2D eigenvalue weighted by molar-refractivity contribution is 6.00. The van der Waals surface area contributed by atoms with Crippen LogP contribution >= 0.6 is 0 Å². The molecular weight excluding hydrogens is 1160 g/mol. The van der Waals surface area contributed by atoms with Gasteiger partial charge in [0.25, 0.3) is 5.91 Å². The SMILES string of the molecule is CC(C)OC(=O)CNC(=O)CNC(=O)Cn1nc(C2CCN(C(=O)CCC(=O)NCCCCCC(=O)N3CCC(c4ccc(Nc5nc(N6CCC[C@@H](N7CCN(C)C7=O)C6)cnc5C(N)=O)cc4)CC3)CC2)c2c(-c3cc4c(cnn4C)cc3F)cccc21. The number of amides is 8. The summed E-state index contributed by atoms with van der Waals surface area (Å²) >= 11 is 0. The van der Waals surface area contributed by atoms with Gasteiger partial charge in [0.2, 0.25) is 29.5 Å². The molecule has 6 aromatic rings. The lowest BCUT2D eigenvalue weighted by molar-refractivity contribution is -0.147. The van der Waals surface area contributed by atoms with E-state index in [1.807, 2.05) is 41.1 Å². The van der Waals surface area contributed by atoms with Gasteiger partial charge in [0.15, 0.2) is 11.5 Å². The van der Waals surface area contributed by atoms with E-state index in [0.29, 0.717) is 123 Å². The van der Waals surface area contributed by atoms with E-state index in [1.165, 1.54) is 6.07 Å². The van der Waals surface area contributed by atoms with Gasteiger partial charge in [-0.3, -0.25) is 42.9 Å². The number of esters is 1. The average molecular weight is 1240 g/mol. The third-order valence-corrected chi connectivity index (χ3v) is 17.6. The van der Waals surface area contributed by atoms with Crippen LogP contribution in [0.2, 0.25) is 0 Å². The lowest BCUT2D eigenvalue weighted by atomic mass is 9.88. The minimum Gasteiger partial charge on any atom is -0.462 e. The molecule has 4 aliphatic rings. The maximum absolute atomic E-state index is 16.0. The number of primary amides is 1. The molecule has 4 aliphatic heterocycles. The number of halogens is 1. The highest BCUT2D eigenvalue weighted by Crippen LogP contribution is 2.40. The Labute approximate surface area is 521 Å². The van der Waals surface area contributed by atoms with Gasteiger partial charge in [0, 0.05) is 120 Å². The summed E-state index contributed by atoms with van der Waals surface area (Å²) in [6, 6.07) is 16.7. The molecule has 4 fully saturated rings. The molecular formula is C64H81FN16O9. The van der Waals surface area contributed by atoms with Crippen molar-refractivity contribution in [2.75, 3.05) is 89.3 Å². The second kappa shape index (κ2) is 28.9. The molecule has 3 aromatic heterocycles. The van der Waals surface area contributed by atoms with Crippen LogP contribution in [-0.4, -0.2) is 188 Å². The Morgan fingerprint density at radius 1 is 0.733 bits per heavy atom. The standard InChI is InChI=1S/C64H81FN16O9/c1-40(2)90-58(87)37-69-54(83)36-68-55(84)39-81-50-12-8-11-47(48-33-51-44(32-49(48)65)34-71-76(51)4)59(50)60(74-81)43-22-28-78(29-23-43)57(86)19-18-53(82)67-24-7-5-6-13-56(85)77-26-20-42(21-27-77)41-14-16-45(17-15-41)72-63-61(62(66)88)70-35-52(73-63)79-25-9-10-46(38-79)80-31-30-75(3)64(80)89/h8,11-12,14-17,32-35,40,42-43,46H,5-7,9-10,13,18-31,36-39H2,1-4H3,(H2,66,88)(H,67,82)(H,68,84)(H,69,83)(H,72,73)/t46-/m1/s1. The van der Waals surface area contributed by atoms with E-state index in [-0.39, 0.29) is 91.7 Å². The van der Waals surface area contributed by atoms with E-state index in [9.17, 15) is 38.4 Å². The number of unbranched alkanes of at least 4 members (excludes halogenated alkanes) is 2. The largest absolute Gasteiger partial charge is 0.462 e. The van der Waals surface area contributed by atoms with Crippen LogP contribution in [0.5, 0.6) is 0 Å². The molecule has 6 N–H and O–H groups in total. The Balaban J connectivity index is 0.639. The van der Waals surface area contributed by atoms with Crippen molar-refractivity contribution in [3.8, 4) is 11.1 Å². The summed E-state index contributed by atoms with van der Waals surface area (Å²) in [5.41, 5.74) is 10.5. The number of benzene rings is 3. The van der Waals surface area contributed by atoms with E-state index in [4.69, 9.17) is 20.6 Å². The maximum atomic E-state index is 16.0. The number of nitrogens with one attached hydrogen (secondary N) is 4. The van der Waals surface area contributed by atoms with Crippen molar-refractivity contribution >= 4 is 86.6 Å². The average Bonchev–Trinajstić information content (AvgIpc) is 1.58. The summed E-state index contributed by atoms with van der Waals surface area (Å²) in [4.78, 5) is 121. The first-order chi connectivity index (χ1) is 43.4. The van der Waals surface area contributed by atoms with Gasteiger partial charge in [0.05, 0.1) is 47.8 Å². The molecule has 26 heteroatoms. The predicted octanol–water partition coefficient (Wildman–Crippen LogP) is 5.45. The quantitative estimate of drug-likeness (QED) is 0.0372. The number of urea groups is 1. The number of piperidine rings is 3. The van der Waals surface area contributed by atoms with Crippen molar-refractivity contribution in [2.45, 2.75) is 121 Å². The number of hydrogen-bond donors (Lipinski definition) is 5. The van der Waals surface area contributed by atoms with E-state index < -0.39 is 29.5 Å². The summed E-state index contributed by atoms with van der Waals surface area (Å²) < 4.78 is 24.3. The molecule has 478 valence electrons. The zero-order chi connectivity index (χ0) is 63.6. The van der Waals surface area contributed by atoms with Crippen molar-refractivity contribution in [1.82, 2.24) is 65.1 Å². The molecule has 0 spiro atoms. The molecule has 0 bridgehead atoms. The summed E-state index contributed by atoms with van der Waals surface area (Å²) in [6.07, 6.45) is 10.0. The summed E-state index contributed by atoms with van der Waals surface area (Å²) in [7, 11) is 3.60. The number of aryl methyl sites for hydroxylation is 1. The monoisotopic (exact) mass is 1240 g/mol. The predicted molar refractivity (Wildman–Crippen MR) is 335 cm³/mol. The Bertz CT molecular complexity index is 3630. The number of anilines is 3. The first-order valence-electron chi connectivity index (χ1n) is 31.3. The molecule has 0 radical (unpaired) electrons. The number of nitrogens with zero attached hydrogens (tertiary/aromatic N) is 11. The minimum absolute atomic E-state index is 0.0365. The van der Waals surface area contributed by atoms with Gasteiger partial charge in [-0.05, 0) is 113 Å². The number of carbonyl (C=O) groups is 8. The molecule has 3 aromatic carbocycles. The first-order valence-corrected chi connectivity index (χ1v) is 31.3. The topological polar surface area (TPSA) is 298 Å². The number of ether oxygens (including phenoxy) is 1. The number of likely N-dealkylation sites (tertiary alicyclic amines) is 2. The molecule has 8 amide bonds. The molecule has 7 heterocycles. The van der Waals surface area contributed by atoms with E-state index in [0.717, 1.165) is 55.4 Å². The lowest BCUT2D eigenvalue weighted by Gasteiger charge is -2.37. The molecule has 0 unspecified atom stereocenters.